The van der Waals surface area contributed by atoms with Gasteiger partial charge in [0, 0.05) is 19.6 Å². The molecule has 16 heavy (non-hydrogen) atoms. The molecule has 2 aliphatic rings. The zero-order valence-electron chi connectivity index (χ0n) is 9.52. The molecule has 5 nitrogen and oxygen atoms in total. The lowest BCUT2D eigenvalue weighted by atomic mass is 10.1. The fourth-order valence-corrected chi connectivity index (χ4v) is 2.33. The van der Waals surface area contributed by atoms with Crippen LogP contribution in [0, 0.1) is 0 Å². The Balaban J connectivity index is 1.84. The number of hydrogen-bond acceptors (Lipinski definition) is 3. The molecule has 0 radical (unpaired) electrons. The maximum absolute atomic E-state index is 11.9. The fraction of sp³-hybridized carbons (Fsp3) is 0.818. The molecule has 0 aromatic heterocycles. The minimum absolute atomic E-state index is 0.0714. The quantitative estimate of drug-likeness (QED) is 0.692. The van der Waals surface area contributed by atoms with E-state index in [0.29, 0.717) is 13.0 Å². The molecule has 0 spiro atoms. The number of likely N-dealkylation sites (tertiary alicyclic amines) is 2. The van der Waals surface area contributed by atoms with E-state index in [0.717, 1.165) is 25.9 Å². The maximum atomic E-state index is 11.9. The van der Waals surface area contributed by atoms with Crippen molar-refractivity contribution in [3.8, 4) is 0 Å². The Bertz CT molecular complexity index is 287. The van der Waals surface area contributed by atoms with Crippen molar-refractivity contribution in [3.63, 3.8) is 0 Å². The van der Waals surface area contributed by atoms with Gasteiger partial charge in [0.05, 0.1) is 12.6 Å². The van der Waals surface area contributed by atoms with Crippen LogP contribution in [0.2, 0.25) is 0 Å². The molecule has 1 atom stereocenters. The van der Waals surface area contributed by atoms with Gasteiger partial charge in [-0.25, -0.2) is 0 Å². The Kier molecular flexibility index (Phi) is 3.43. The summed E-state index contributed by atoms with van der Waals surface area (Å²) in [6.07, 6.45) is 4.04. The lowest BCUT2D eigenvalue weighted by molar-refractivity contribution is -0.139. The number of amides is 2. The van der Waals surface area contributed by atoms with Crippen LogP contribution in [0.25, 0.3) is 0 Å². The van der Waals surface area contributed by atoms with Gasteiger partial charge in [0.15, 0.2) is 0 Å². The smallest absolute Gasteiger partial charge is 0.242 e. The first-order chi connectivity index (χ1) is 7.68. The first kappa shape index (κ1) is 11.4. The molecule has 0 aromatic carbocycles. The van der Waals surface area contributed by atoms with Gasteiger partial charge in [0.25, 0.3) is 0 Å². The van der Waals surface area contributed by atoms with E-state index >= 15 is 0 Å². The summed E-state index contributed by atoms with van der Waals surface area (Å²) in [7, 11) is 0. The zero-order valence-corrected chi connectivity index (χ0v) is 9.52. The van der Waals surface area contributed by atoms with E-state index in [1.54, 1.807) is 4.90 Å². The van der Waals surface area contributed by atoms with Crippen molar-refractivity contribution in [2.45, 2.75) is 31.7 Å². The van der Waals surface area contributed by atoms with Crippen molar-refractivity contribution in [3.05, 3.63) is 0 Å². The average molecular weight is 225 g/mol. The van der Waals surface area contributed by atoms with E-state index < -0.39 is 6.04 Å². The second kappa shape index (κ2) is 4.82. The lowest BCUT2D eigenvalue weighted by Crippen LogP contribution is -2.44. The van der Waals surface area contributed by atoms with Gasteiger partial charge in [-0.05, 0) is 25.7 Å². The highest BCUT2D eigenvalue weighted by atomic mass is 16.2. The Morgan fingerprint density at radius 1 is 1.25 bits per heavy atom. The molecular formula is C11H19N3O2. The van der Waals surface area contributed by atoms with Gasteiger partial charge in [-0.2, -0.15) is 0 Å². The van der Waals surface area contributed by atoms with Crippen molar-refractivity contribution >= 4 is 11.8 Å². The molecule has 0 saturated carbocycles. The molecule has 0 aromatic rings. The first-order valence-electron chi connectivity index (χ1n) is 6.00. The van der Waals surface area contributed by atoms with Gasteiger partial charge in [-0.15, -0.1) is 0 Å². The van der Waals surface area contributed by atoms with Crippen LogP contribution in [0.1, 0.15) is 25.7 Å². The summed E-state index contributed by atoms with van der Waals surface area (Å²) < 4.78 is 0. The van der Waals surface area contributed by atoms with E-state index in [9.17, 15) is 9.59 Å². The minimum atomic E-state index is -0.394. The molecule has 2 heterocycles. The number of nitrogens with zero attached hydrogens (tertiary/aromatic N) is 2. The Morgan fingerprint density at radius 2 is 1.94 bits per heavy atom. The predicted molar refractivity (Wildman–Crippen MR) is 59.6 cm³/mol. The molecule has 90 valence electrons. The summed E-state index contributed by atoms with van der Waals surface area (Å²) >= 11 is 0. The van der Waals surface area contributed by atoms with Gasteiger partial charge in [0.2, 0.25) is 11.8 Å². The number of hydrogen-bond donors (Lipinski definition) is 1. The highest BCUT2D eigenvalue weighted by molar-refractivity contribution is 5.88. The largest absolute Gasteiger partial charge is 0.341 e. The molecule has 0 aliphatic carbocycles. The molecule has 2 fully saturated rings. The van der Waals surface area contributed by atoms with E-state index in [-0.39, 0.29) is 18.4 Å². The predicted octanol–water partition coefficient (Wildman–Crippen LogP) is -0.441. The van der Waals surface area contributed by atoms with Crippen LogP contribution in [-0.2, 0) is 9.59 Å². The van der Waals surface area contributed by atoms with Crippen LogP contribution < -0.4 is 5.73 Å². The normalized spacial score (nSPS) is 26.3. The Morgan fingerprint density at radius 3 is 2.50 bits per heavy atom. The van der Waals surface area contributed by atoms with Gasteiger partial charge < -0.3 is 15.5 Å². The molecule has 5 heteroatoms. The van der Waals surface area contributed by atoms with Crippen molar-refractivity contribution < 1.29 is 9.59 Å². The van der Waals surface area contributed by atoms with Gasteiger partial charge >= 0.3 is 0 Å². The third kappa shape index (κ3) is 2.35. The van der Waals surface area contributed by atoms with Gasteiger partial charge in [-0.1, -0.05) is 0 Å². The van der Waals surface area contributed by atoms with Crippen molar-refractivity contribution in [1.29, 1.82) is 0 Å². The van der Waals surface area contributed by atoms with E-state index in [2.05, 4.69) is 0 Å². The van der Waals surface area contributed by atoms with Crippen LogP contribution in [-0.4, -0.2) is 53.8 Å². The van der Waals surface area contributed by atoms with E-state index in [1.165, 1.54) is 6.42 Å². The van der Waals surface area contributed by atoms with Crippen LogP contribution >= 0.6 is 0 Å². The molecule has 2 saturated heterocycles. The first-order valence-corrected chi connectivity index (χ1v) is 6.00. The van der Waals surface area contributed by atoms with Crippen LogP contribution in [0.3, 0.4) is 0 Å². The monoisotopic (exact) mass is 225 g/mol. The fourth-order valence-electron chi connectivity index (χ4n) is 2.33. The number of carbonyl (C=O) groups excluding carboxylic acids is 2. The minimum Gasteiger partial charge on any atom is -0.341 e. The summed E-state index contributed by atoms with van der Waals surface area (Å²) in [5.41, 5.74) is 5.61. The maximum Gasteiger partial charge on any atom is 0.242 e. The van der Waals surface area contributed by atoms with Crippen molar-refractivity contribution in [2.75, 3.05) is 26.2 Å². The summed E-state index contributed by atoms with van der Waals surface area (Å²) in [5.74, 6) is -0.00694. The molecule has 2 amide bonds. The molecule has 2 aliphatic heterocycles. The molecular weight excluding hydrogens is 206 g/mol. The van der Waals surface area contributed by atoms with Crippen molar-refractivity contribution in [2.24, 2.45) is 5.73 Å². The second-order valence-electron chi connectivity index (χ2n) is 4.60. The number of piperidine rings is 1. The number of carbonyl (C=O) groups is 2. The van der Waals surface area contributed by atoms with Crippen molar-refractivity contribution in [1.82, 2.24) is 9.80 Å². The standard InChI is InChI=1S/C11H19N3O2/c12-9-4-7-14(11(9)16)8-10(15)13-5-2-1-3-6-13/h9H,1-8,12H2. The van der Waals surface area contributed by atoms with Gasteiger partial charge in [-0.3, -0.25) is 9.59 Å². The van der Waals surface area contributed by atoms with Crippen LogP contribution in [0.15, 0.2) is 0 Å². The summed E-state index contributed by atoms with van der Waals surface area (Å²) in [5, 5.41) is 0. The summed E-state index contributed by atoms with van der Waals surface area (Å²) in [6.45, 7) is 2.52. The van der Waals surface area contributed by atoms with Crippen LogP contribution in [0.4, 0.5) is 0 Å². The second-order valence-corrected chi connectivity index (χ2v) is 4.60. The SMILES string of the molecule is NC1CCN(CC(=O)N2CCCCC2)C1=O. The average Bonchev–Trinajstić information content (AvgIpc) is 2.62. The Hall–Kier alpha value is -1.10. The molecule has 2 rings (SSSR count). The van der Waals surface area contributed by atoms with E-state index in [4.69, 9.17) is 5.73 Å². The Labute approximate surface area is 95.6 Å². The topological polar surface area (TPSA) is 66.6 Å². The number of nitrogens with two attached hydrogens (primary N) is 1. The lowest BCUT2D eigenvalue weighted by Gasteiger charge is -2.28. The van der Waals surface area contributed by atoms with Gasteiger partial charge in [0.1, 0.15) is 0 Å². The third-order valence-corrected chi connectivity index (χ3v) is 3.37. The number of rotatable bonds is 2. The van der Waals surface area contributed by atoms with E-state index in [1.807, 2.05) is 4.90 Å². The highest BCUT2D eigenvalue weighted by Gasteiger charge is 2.31. The summed E-state index contributed by atoms with van der Waals surface area (Å²) in [4.78, 5) is 26.9. The molecule has 0 bridgehead atoms. The molecule has 2 N–H and O–H groups in total. The molecule has 1 unspecified atom stereocenters. The van der Waals surface area contributed by atoms with Crippen LogP contribution in [0.5, 0.6) is 0 Å². The highest BCUT2D eigenvalue weighted by Crippen LogP contribution is 2.12. The zero-order chi connectivity index (χ0) is 11.5. The summed E-state index contributed by atoms with van der Waals surface area (Å²) in [6, 6.07) is -0.394. The third-order valence-electron chi connectivity index (χ3n) is 3.37.